The monoisotopic (exact) mass is 674 g/mol. The van der Waals surface area contributed by atoms with Crippen LogP contribution in [0.1, 0.15) is 60.3 Å². The molecule has 0 bridgehead atoms. The SMILES string of the molecule is COc1ccc([C@@H](Nc2cc(C(N)=O)c(F)cc2F)C(=O)N2CCC[C@@H]2c2cc(N(C)C(=O)O)ccc2S(=O)(=O)C(C)C)cc1OC. The summed E-state index contributed by atoms with van der Waals surface area (Å²) >= 11 is 0. The van der Waals surface area contributed by atoms with E-state index in [1.54, 1.807) is 0 Å². The summed E-state index contributed by atoms with van der Waals surface area (Å²) in [5.41, 5.74) is 4.99. The van der Waals surface area contributed by atoms with Crippen molar-refractivity contribution in [3.05, 3.63) is 76.9 Å². The van der Waals surface area contributed by atoms with Gasteiger partial charge in [-0.05, 0) is 74.2 Å². The summed E-state index contributed by atoms with van der Waals surface area (Å²) in [6.07, 6.45) is -0.474. The second-order valence-electron chi connectivity index (χ2n) is 11.2. The first kappa shape index (κ1) is 34.9. The van der Waals surface area contributed by atoms with Crippen LogP contribution in [-0.2, 0) is 14.6 Å². The maximum atomic E-state index is 15.1. The van der Waals surface area contributed by atoms with Crippen molar-refractivity contribution in [2.45, 2.75) is 48.9 Å². The number of halogens is 2. The van der Waals surface area contributed by atoms with Crippen molar-refractivity contribution in [1.29, 1.82) is 0 Å². The molecule has 1 heterocycles. The molecular weight excluding hydrogens is 638 g/mol. The molecule has 3 aromatic rings. The Morgan fingerprint density at radius 3 is 2.30 bits per heavy atom. The number of likely N-dealkylation sites (tertiary alicyclic amines) is 1. The van der Waals surface area contributed by atoms with E-state index in [9.17, 15) is 32.3 Å². The lowest BCUT2D eigenvalue weighted by Gasteiger charge is -2.32. The van der Waals surface area contributed by atoms with Crippen LogP contribution in [0.3, 0.4) is 0 Å². The molecule has 1 saturated heterocycles. The number of nitrogens with zero attached hydrogens (tertiary/aromatic N) is 2. The molecule has 1 aliphatic heterocycles. The Hall–Kier alpha value is -4.92. The van der Waals surface area contributed by atoms with Crippen molar-refractivity contribution in [3.63, 3.8) is 0 Å². The molecule has 1 aliphatic rings. The van der Waals surface area contributed by atoms with E-state index >= 15 is 4.39 Å². The van der Waals surface area contributed by atoms with Crippen molar-refractivity contribution < 1.29 is 46.2 Å². The zero-order valence-electron chi connectivity index (χ0n) is 26.4. The highest BCUT2D eigenvalue weighted by Gasteiger charge is 2.39. The average molecular weight is 675 g/mol. The normalized spacial score (nSPS) is 15.3. The Labute approximate surface area is 271 Å². The van der Waals surface area contributed by atoms with Gasteiger partial charge >= 0.3 is 6.09 Å². The number of rotatable bonds is 11. The molecule has 4 N–H and O–H groups in total. The Morgan fingerprint density at radius 2 is 1.70 bits per heavy atom. The largest absolute Gasteiger partial charge is 0.493 e. The number of hydrogen-bond acceptors (Lipinski definition) is 8. The summed E-state index contributed by atoms with van der Waals surface area (Å²) in [5, 5.41) is 11.6. The quantitative estimate of drug-likeness (QED) is 0.256. The van der Waals surface area contributed by atoms with Crippen LogP contribution in [-0.4, -0.2) is 69.4 Å². The Balaban J connectivity index is 1.88. The van der Waals surface area contributed by atoms with E-state index < -0.39 is 68.0 Å². The number of amides is 3. The van der Waals surface area contributed by atoms with Crippen LogP contribution in [0.15, 0.2) is 53.4 Å². The number of hydrogen-bond donors (Lipinski definition) is 3. The third-order valence-electron chi connectivity index (χ3n) is 8.10. The molecule has 47 heavy (non-hydrogen) atoms. The molecule has 0 unspecified atom stereocenters. The van der Waals surface area contributed by atoms with Gasteiger partial charge in [-0.25, -0.2) is 22.0 Å². The number of nitrogens with one attached hydrogen (secondary N) is 1. The Kier molecular flexibility index (Phi) is 10.3. The summed E-state index contributed by atoms with van der Waals surface area (Å²) in [4.78, 5) is 40.5. The van der Waals surface area contributed by atoms with Crippen LogP contribution in [0.25, 0.3) is 0 Å². The molecule has 0 radical (unpaired) electrons. The molecule has 12 nitrogen and oxygen atoms in total. The van der Waals surface area contributed by atoms with Crippen LogP contribution in [0.5, 0.6) is 11.5 Å². The first-order valence-corrected chi connectivity index (χ1v) is 16.1. The first-order chi connectivity index (χ1) is 22.1. The predicted octanol–water partition coefficient (Wildman–Crippen LogP) is 4.89. The molecule has 0 saturated carbocycles. The number of methoxy groups -OCH3 is 2. The third-order valence-corrected chi connectivity index (χ3v) is 10.3. The second-order valence-corrected chi connectivity index (χ2v) is 13.7. The number of nitrogens with two attached hydrogens (primary N) is 1. The van der Waals surface area contributed by atoms with Crippen LogP contribution in [0.4, 0.5) is 25.0 Å². The van der Waals surface area contributed by atoms with Gasteiger partial charge < -0.3 is 30.5 Å². The molecule has 1 fully saturated rings. The van der Waals surface area contributed by atoms with Crippen molar-refractivity contribution >= 4 is 39.1 Å². The lowest BCUT2D eigenvalue weighted by molar-refractivity contribution is -0.133. The van der Waals surface area contributed by atoms with Crippen molar-refractivity contribution in [2.75, 3.05) is 38.0 Å². The fraction of sp³-hybridized carbons (Fsp3) is 0.344. The molecule has 4 rings (SSSR count). The van der Waals surface area contributed by atoms with Gasteiger partial charge in [0.1, 0.15) is 17.7 Å². The second kappa shape index (κ2) is 13.8. The number of anilines is 2. The summed E-state index contributed by atoms with van der Waals surface area (Å²) in [5.74, 6) is -3.46. The van der Waals surface area contributed by atoms with E-state index in [2.05, 4.69) is 5.32 Å². The average Bonchev–Trinajstić information content (AvgIpc) is 3.53. The number of sulfone groups is 1. The highest BCUT2D eigenvalue weighted by molar-refractivity contribution is 7.92. The van der Waals surface area contributed by atoms with Crippen LogP contribution in [0, 0.1) is 11.6 Å². The van der Waals surface area contributed by atoms with Crippen molar-refractivity contribution in [2.24, 2.45) is 5.73 Å². The summed E-state index contributed by atoms with van der Waals surface area (Å²) in [6.45, 7) is 3.21. The van der Waals surface area contributed by atoms with Gasteiger partial charge in [-0.1, -0.05) is 6.07 Å². The number of carbonyl (C=O) groups excluding carboxylic acids is 2. The molecular formula is C32H36F2N4O8S. The molecule has 252 valence electrons. The van der Waals surface area contributed by atoms with Crippen molar-refractivity contribution in [3.8, 4) is 11.5 Å². The van der Waals surface area contributed by atoms with E-state index in [1.807, 2.05) is 0 Å². The van der Waals surface area contributed by atoms with E-state index in [0.29, 0.717) is 24.7 Å². The van der Waals surface area contributed by atoms with Gasteiger partial charge in [0.15, 0.2) is 21.3 Å². The minimum absolute atomic E-state index is 0.0500. The number of carbonyl (C=O) groups is 3. The highest BCUT2D eigenvalue weighted by atomic mass is 32.2. The minimum atomic E-state index is -3.90. The smallest absolute Gasteiger partial charge is 0.411 e. The molecule has 3 amide bonds. The van der Waals surface area contributed by atoms with Gasteiger partial charge in [0, 0.05) is 25.3 Å². The molecule has 15 heteroatoms. The minimum Gasteiger partial charge on any atom is -0.493 e. The van der Waals surface area contributed by atoms with E-state index in [4.69, 9.17) is 15.2 Å². The fourth-order valence-corrected chi connectivity index (χ4v) is 6.76. The zero-order chi connectivity index (χ0) is 34.8. The molecule has 0 aliphatic carbocycles. The predicted molar refractivity (Wildman–Crippen MR) is 170 cm³/mol. The van der Waals surface area contributed by atoms with Gasteiger partial charge in [0.25, 0.3) is 5.91 Å². The number of ether oxygens (including phenoxy) is 2. The van der Waals surface area contributed by atoms with Crippen LogP contribution < -0.4 is 25.4 Å². The Morgan fingerprint density at radius 1 is 1.02 bits per heavy atom. The van der Waals surface area contributed by atoms with Crippen molar-refractivity contribution in [1.82, 2.24) is 4.90 Å². The van der Waals surface area contributed by atoms with E-state index in [0.717, 1.165) is 11.0 Å². The molecule has 2 atom stereocenters. The van der Waals surface area contributed by atoms with Crippen LogP contribution in [0.2, 0.25) is 0 Å². The summed E-state index contributed by atoms with van der Waals surface area (Å²) in [7, 11) is 0.224. The molecule has 0 aromatic heterocycles. The first-order valence-electron chi connectivity index (χ1n) is 14.5. The Bertz CT molecular complexity index is 1820. The number of benzene rings is 3. The standard InChI is InChI=1S/C32H36F2N4O8S/c1-17(2)47(43,44)28-11-9-19(37(3)32(41)42)14-21(28)25-7-6-12-38(25)31(40)29(18-8-10-26(45-4)27(13-18)46-5)36-24-15-20(30(35)39)22(33)16-23(24)34/h8-11,13-17,25,29,36H,6-7,12H2,1-5H3,(H2,35,39)(H,41,42)/t25-,29-/m1/s1. The highest BCUT2D eigenvalue weighted by Crippen LogP contribution is 2.41. The molecule has 0 spiro atoms. The van der Waals surface area contributed by atoms with Gasteiger partial charge in [0.05, 0.1) is 41.7 Å². The lowest BCUT2D eigenvalue weighted by Crippen LogP contribution is -2.38. The fourth-order valence-electron chi connectivity index (χ4n) is 5.47. The van der Waals surface area contributed by atoms with Gasteiger partial charge in [-0.3, -0.25) is 14.5 Å². The van der Waals surface area contributed by atoms with Gasteiger partial charge in [-0.2, -0.15) is 0 Å². The number of primary amides is 1. The van der Waals surface area contributed by atoms with Gasteiger partial charge in [0.2, 0.25) is 5.91 Å². The summed E-state index contributed by atoms with van der Waals surface area (Å²) in [6, 6.07) is 7.88. The topological polar surface area (TPSA) is 169 Å². The van der Waals surface area contributed by atoms with Crippen LogP contribution >= 0.6 is 0 Å². The zero-order valence-corrected chi connectivity index (χ0v) is 27.2. The maximum Gasteiger partial charge on any atom is 0.411 e. The molecule has 3 aromatic carbocycles. The summed E-state index contributed by atoms with van der Waals surface area (Å²) < 4.78 is 67.2. The lowest BCUT2D eigenvalue weighted by atomic mass is 10.00. The van der Waals surface area contributed by atoms with E-state index in [1.165, 1.54) is 76.4 Å². The third kappa shape index (κ3) is 6.94. The van der Waals surface area contributed by atoms with E-state index in [-0.39, 0.29) is 34.0 Å². The number of carboxylic acid groups (broad SMARTS) is 1. The maximum absolute atomic E-state index is 15.1. The van der Waals surface area contributed by atoms with Gasteiger partial charge in [-0.15, -0.1) is 0 Å².